The second-order valence-corrected chi connectivity index (χ2v) is 7.16. The van der Waals surface area contributed by atoms with E-state index in [1.807, 2.05) is 31.2 Å². The van der Waals surface area contributed by atoms with Crippen LogP contribution in [0.3, 0.4) is 0 Å². The van der Waals surface area contributed by atoms with Gasteiger partial charge in [0.05, 0.1) is 11.2 Å². The summed E-state index contributed by atoms with van der Waals surface area (Å²) >= 11 is 0. The number of benzene rings is 1. The molecule has 5 heteroatoms. The van der Waals surface area contributed by atoms with Gasteiger partial charge in [-0.3, -0.25) is 4.79 Å². The van der Waals surface area contributed by atoms with Crippen LogP contribution in [0, 0.1) is 12.8 Å². The summed E-state index contributed by atoms with van der Waals surface area (Å²) in [5.41, 5.74) is 1.87. The number of rotatable bonds is 4. The molecule has 18 heavy (non-hydrogen) atoms. The number of carboxylic acids is 1. The van der Waals surface area contributed by atoms with E-state index in [0.29, 0.717) is 0 Å². The van der Waals surface area contributed by atoms with E-state index in [0.717, 1.165) is 11.1 Å². The molecule has 0 aliphatic heterocycles. The van der Waals surface area contributed by atoms with Crippen molar-refractivity contribution in [2.24, 2.45) is 5.92 Å². The van der Waals surface area contributed by atoms with E-state index in [9.17, 15) is 13.2 Å². The molecule has 1 aliphatic carbocycles. The maximum atomic E-state index is 11.9. The maximum Gasteiger partial charge on any atom is 0.308 e. The largest absolute Gasteiger partial charge is 0.481 e. The van der Waals surface area contributed by atoms with Gasteiger partial charge in [-0.05, 0) is 12.5 Å². The Balaban J connectivity index is 2.33. The normalized spacial score (nSPS) is 26.9. The van der Waals surface area contributed by atoms with Crippen molar-refractivity contribution in [1.29, 1.82) is 0 Å². The van der Waals surface area contributed by atoms with Gasteiger partial charge in [-0.15, -0.1) is 0 Å². The van der Waals surface area contributed by atoms with Crippen molar-refractivity contribution in [2.45, 2.75) is 25.0 Å². The Morgan fingerprint density at radius 1 is 1.28 bits per heavy atom. The van der Waals surface area contributed by atoms with Gasteiger partial charge in [-0.25, -0.2) is 8.42 Å². The molecule has 0 bridgehead atoms. The summed E-state index contributed by atoms with van der Waals surface area (Å²) in [6, 6.07) is 7.40. The lowest BCUT2D eigenvalue weighted by atomic mass is 10.1. The fourth-order valence-corrected chi connectivity index (χ4v) is 4.20. The predicted molar refractivity (Wildman–Crippen MR) is 68.3 cm³/mol. The van der Waals surface area contributed by atoms with Gasteiger partial charge in [0.25, 0.3) is 0 Å². The zero-order valence-corrected chi connectivity index (χ0v) is 11.1. The molecule has 0 spiro atoms. The van der Waals surface area contributed by atoms with Gasteiger partial charge in [-0.2, -0.15) is 0 Å². The summed E-state index contributed by atoms with van der Waals surface area (Å²) < 4.78 is 23.7. The lowest BCUT2D eigenvalue weighted by Gasteiger charge is -2.01. The molecule has 0 amide bonds. The SMILES string of the molecule is CCS(=O)(=O)[C@@H]1[C@H](C(=O)O)[C@H]1c1ccc(C)cc1. The van der Waals surface area contributed by atoms with Gasteiger partial charge >= 0.3 is 5.97 Å². The molecule has 1 fully saturated rings. The smallest absolute Gasteiger partial charge is 0.308 e. The van der Waals surface area contributed by atoms with E-state index >= 15 is 0 Å². The Labute approximate surface area is 107 Å². The van der Waals surface area contributed by atoms with Gasteiger partial charge in [0, 0.05) is 11.7 Å². The van der Waals surface area contributed by atoms with Crippen LogP contribution in [0.4, 0.5) is 0 Å². The van der Waals surface area contributed by atoms with Crippen LogP contribution in [0.15, 0.2) is 24.3 Å². The Bertz CT molecular complexity index is 559. The summed E-state index contributed by atoms with van der Waals surface area (Å²) in [6.45, 7) is 3.49. The Morgan fingerprint density at radius 3 is 2.28 bits per heavy atom. The molecule has 1 saturated carbocycles. The predicted octanol–water partition coefficient (Wildman–Crippen LogP) is 1.60. The number of hydrogen-bond donors (Lipinski definition) is 1. The van der Waals surface area contributed by atoms with Gasteiger partial charge < -0.3 is 5.11 Å². The standard InChI is InChI=1S/C13H16O4S/c1-3-18(16,17)12-10(11(12)13(14)15)9-6-4-8(2)5-7-9/h4-7,10-12H,3H2,1-2H3,(H,14,15)/t10-,11-,12+/m1/s1. The quantitative estimate of drug-likeness (QED) is 0.900. The summed E-state index contributed by atoms with van der Waals surface area (Å²) in [5, 5.41) is 8.34. The highest BCUT2D eigenvalue weighted by molar-refractivity contribution is 7.92. The zero-order valence-electron chi connectivity index (χ0n) is 10.3. The van der Waals surface area contributed by atoms with Crippen molar-refractivity contribution in [1.82, 2.24) is 0 Å². The lowest BCUT2D eigenvalue weighted by molar-refractivity contribution is -0.138. The van der Waals surface area contributed by atoms with Crippen LogP contribution in [-0.4, -0.2) is 30.5 Å². The highest BCUT2D eigenvalue weighted by Crippen LogP contribution is 2.52. The first kappa shape index (κ1) is 13.1. The van der Waals surface area contributed by atoms with E-state index < -0.39 is 32.9 Å². The Kier molecular flexibility index (Phi) is 3.19. The molecule has 0 saturated heterocycles. The van der Waals surface area contributed by atoms with E-state index in [2.05, 4.69) is 0 Å². The molecular formula is C13H16O4S. The molecular weight excluding hydrogens is 252 g/mol. The molecule has 0 unspecified atom stereocenters. The molecule has 2 rings (SSSR count). The van der Waals surface area contributed by atoms with Crippen LogP contribution in [0.25, 0.3) is 0 Å². The van der Waals surface area contributed by atoms with Crippen LogP contribution in [0.2, 0.25) is 0 Å². The van der Waals surface area contributed by atoms with Crippen molar-refractivity contribution >= 4 is 15.8 Å². The maximum absolute atomic E-state index is 11.9. The van der Waals surface area contributed by atoms with Gasteiger partial charge in [0.1, 0.15) is 0 Å². The first-order chi connectivity index (χ1) is 8.38. The molecule has 0 radical (unpaired) electrons. The van der Waals surface area contributed by atoms with E-state index in [1.165, 1.54) is 0 Å². The van der Waals surface area contributed by atoms with Gasteiger partial charge in [-0.1, -0.05) is 36.8 Å². The molecule has 1 aromatic carbocycles. The minimum Gasteiger partial charge on any atom is -0.481 e. The third kappa shape index (κ3) is 2.14. The third-order valence-corrected chi connectivity index (χ3v) is 5.74. The lowest BCUT2D eigenvalue weighted by Crippen LogP contribution is -2.14. The van der Waals surface area contributed by atoms with Crippen molar-refractivity contribution < 1.29 is 18.3 Å². The number of hydrogen-bond acceptors (Lipinski definition) is 3. The molecule has 1 N–H and O–H groups in total. The van der Waals surface area contributed by atoms with Gasteiger partial charge in [0.2, 0.25) is 0 Å². The molecule has 1 aliphatic rings. The number of carbonyl (C=O) groups is 1. The summed E-state index contributed by atoms with van der Waals surface area (Å²) in [4.78, 5) is 11.1. The zero-order chi connectivity index (χ0) is 13.5. The minimum atomic E-state index is -3.31. The van der Waals surface area contributed by atoms with Crippen molar-refractivity contribution in [3.05, 3.63) is 35.4 Å². The first-order valence-corrected chi connectivity index (χ1v) is 7.61. The van der Waals surface area contributed by atoms with Crippen molar-refractivity contribution in [3.63, 3.8) is 0 Å². The summed E-state index contributed by atoms with van der Waals surface area (Å²) in [5.74, 6) is -2.22. The number of aryl methyl sites for hydroxylation is 1. The number of sulfone groups is 1. The van der Waals surface area contributed by atoms with Crippen LogP contribution in [-0.2, 0) is 14.6 Å². The molecule has 0 heterocycles. The van der Waals surface area contributed by atoms with Crippen LogP contribution in [0.1, 0.15) is 24.0 Å². The number of carboxylic acid groups (broad SMARTS) is 1. The third-order valence-electron chi connectivity index (χ3n) is 3.52. The average Bonchev–Trinajstić information content (AvgIpc) is 3.06. The molecule has 4 nitrogen and oxygen atoms in total. The highest BCUT2D eigenvalue weighted by atomic mass is 32.2. The Morgan fingerprint density at radius 2 is 1.83 bits per heavy atom. The van der Waals surface area contributed by atoms with Gasteiger partial charge in [0.15, 0.2) is 9.84 Å². The molecule has 98 valence electrons. The fourth-order valence-electron chi connectivity index (χ4n) is 2.40. The van der Waals surface area contributed by atoms with Crippen LogP contribution >= 0.6 is 0 Å². The monoisotopic (exact) mass is 268 g/mol. The number of aliphatic carboxylic acids is 1. The van der Waals surface area contributed by atoms with E-state index in [4.69, 9.17) is 5.11 Å². The average molecular weight is 268 g/mol. The molecule has 3 atom stereocenters. The Hall–Kier alpha value is -1.36. The fraction of sp³-hybridized carbons (Fsp3) is 0.462. The molecule has 0 aromatic heterocycles. The van der Waals surface area contributed by atoms with Crippen LogP contribution < -0.4 is 0 Å². The van der Waals surface area contributed by atoms with Crippen molar-refractivity contribution in [3.8, 4) is 0 Å². The summed E-state index contributed by atoms with van der Waals surface area (Å²) in [6.07, 6.45) is 0. The van der Waals surface area contributed by atoms with E-state index in [1.54, 1.807) is 6.92 Å². The highest BCUT2D eigenvalue weighted by Gasteiger charge is 2.62. The molecule has 1 aromatic rings. The summed E-state index contributed by atoms with van der Waals surface area (Å²) in [7, 11) is -3.31. The van der Waals surface area contributed by atoms with Crippen molar-refractivity contribution in [2.75, 3.05) is 5.75 Å². The van der Waals surface area contributed by atoms with E-state index in [-0.39, 0.29) is 5.75 Å². The first-order valence-electron chi connectivity index (χ1n) is 5.89. The van der Waals surface area contributed by atoms with Crippen LogP contribution in [0.5, 0.6) is 0 Å². The second kappa shape index (κ2) is 4.39. The topological polar surface area (TPSA) is 71.4 Å². The second-order valence-electron chi connectivity index (χ2n) is 4.72. The minimum absolute atomic E-state index is 0.0101.